The number of methoxy groups -OCH3 is 2. The first-order valence-electron chi connectivity index (χ1n) is 17.5. The van der Waals surface area contributed by atoms with E-state index in [0.29, 0.717) is 58.9 Å². The molecule has 7 rings (SSSR count). The van der Waals surface area contributed by atoms with Crippen LogP contribution in [0.25, 0.3) is 0 Å². The van der Waals surface area contributed by atoms with Gasteiger partial charge in [-0.2, -0.15) is 0 Å². The minimum atomic E-state index is -0.549. The molecule has 2 aromatic carbocycles. The molecule has 0 aromatic heterocycles. The highest BCUT2D eigenvalue weighted by molar-refractivity contribution is 5.64. The predicted octanol–water partition coefficient (Wildman–Crippen LogP) is 5.43. The zero-order valence-electron chi connectivity index (χ0n) is 28.3. The molecule has 2 aromatic rings. The summed E-state index contributed by atoms with van der Waals surface area (Å²) in [6.45, 7) is 11.7. The Morgan fingerprint density at radius 1 is 0.891 bits per heavy atom. The quantitative estimate of drug-likeness (QED) is 0.213. The molecule has 8 nitrogen and oxygen atoms in total. The maximum Gasteiger partial charge on any atom is 0.166 e. The maximum atomic E-state index is 7.33. The van der Waals surface area contributed by atoms with Gasteiger partial charge in [0.05, 0.1) is 46.2 Å². The van der Waals surface area contributed by atoms with Gasteiger partial charge in [-0.05, 0) is 74.1 Å². The summed E-state index contributed by atoms with van der Waals surface area (Å²) in [6.07, 6.45) is 5.80. The van der Waals surface area contributed by atoms with Gasteiger partial charge in [0.1, 0.15) is 18.3 Å². The van der Waals surface area contributed by atoms with E-state index in [0.717, 1.165) is 43.2 Å². The topological polar surface area (TPSA) is 67.9 Å². The number of rotatable bonds is 17. The molecule has 2 heterocycles. The third-order valence-electron chi connectivity index (χ3n) is 12.0. The lowest BCUT2D eigenvalue weighted by Gasteiger charge is -2.69. The predicted molar refractivity (Wildman–Crippen MR) is 176 cm³/mol. The van der Waals surface area contributed by atoms with Crippen LogP contribution in [0.3, 0.4) is 0 Å². The zero-order chi connectivity index (χ0) is 31.8. The summed E-state index contributed by atoms with van der Waals surface area (Å²) in [4.78, 5) is 2.85. The number of piperidine rings is 1. The Morgan fingerprint density at radius 3 is 2.39 bits per heavy atom. The first kappa shape index (κ1) is 32.4. The molecular weight excluding hydrogens is 582 g/mol. The van der Waals surface area contributed by atoms with E-state index in [4.69, 9.17) is 33.2 Å². The first-order chi connectivity index (χ1) is 22.4. The van der Waals surface area contributed by atoms with Gasteiger partial charge in [-0.15, -0.1) is 0 Å². The third-order valence-corrected chi connectivity index (χ3v) is 12.0. The second-order valence-corrected chi connectivity index (χ2v) is 14.6. The zero-order valence-corrected chi connectivity index (χ0v) is 28.3. The minimum Gasteiger partial charge on any atom is -0.487 e. The lowest BCUT2D eigenvalue weighted by Crippen LogP contribution is -2.78. The van der Waals surface area contributed by atoms with Crippen molar-refractivity contribution < 1.29 is 33.2 Å². The molecule has 2 aliphatic heterocycles. The van der Waals surface area contributed by atoms with Gasteiger partial charge in [-0.25, -0.2) is 0 Å². The van der Waals surface area contributed by atoms with E-state index in [1.165, 1.54) is 36.1 Å². The molecule has 3 unspecified atom stereocenters. The molecule has 46 heavy (non-hydrogen) atoms. The summed E-state index contributed by atoms with van der Waals surface area (Å²) in [5.41, 5.74) is 3.30. The summed E-state index contributed by atoms with van der Waals surface area (Å²) in [5, 5.41) is 0. The average Bonchev–Trinajstić information content (AvgIpc) is 3.82. The first-order valence-corrected chi connectivity index (χ1v) is 17.5. The molecule has 2 bridgehead atoms. The van der Waals surface area contributed by atoms with E-state index in [2.05, 4.69) is 61.2 Å². The van der Waals surface area contributed by atoms with Crippen molar-refractivity contribution in [3.05, 3.63) is 59.2 Å². The average molecular weight is 636 g/mol. The summed E-state index contributed by atoms with van der Waals surface area (Å²) in [6, 6.07) is 15.4. The van der Waals surface area contributed by atoms with Gasteiger partial charge in [0.15, 0.2) is 11.5 Å². The van der Waals surface area contributed by atoms with Crippen molar-refractivity contribution in [3.63, 3.8) is 0 Å². The van der Waals surface area contributed by atoms with Crippen molar-refractivity contribution in [3.8, 4) is 11.5 Å². The number of benzene rings is 2. The SMILES string of the molecule is COCCOCCOCCOc1ccc2c3c1O[C@]1(C)C(OC)[C@@H](COCc4ccccc4)C[C@]4(C)C(C2)N(CC2CC2)CCC341. The van der Waals surface area contributed by atoms with E-state index in [1.807, 2.05) is 7.11 Å². The van der Waals surface area contributed by atoms with Gasteiger partial charge in [0.2, 0.25) is 0 Å². The fraction of sp³-hybridized carbons (Fsp3) is 0.684. The van der Waals surface area contributed by atoms with Crippen molar-refractivity contribution in [1.29, 1.82) is 0 Å². The van der Waals surface area contributed by atoms with Gasteiger partial charge >= 0.3 is 0 Å². The highest BCUT2D eigenvalue weighted by atomic mass is 16.6. The van der Waals surface area contributed by atoms with Crippen molar-refractivity contribution in [2.45, 2.75) is 75.7 Å². The maximum absolute atomic E-state index is 7.33. The fourth-order valence-corrected chi connectivity index (χ4v) is 9.94. The van der Waals surface area contributed by atoms with E-state index < -0.39 is 5.60 Å². The summed E-state index contributed by atoms with van der Waals surface area (Å²) < 4.78 is 43.1. The molecule has 0 amide bonds. The second kappa shape index (κ2) is 13.4. The number of nitrogens with zero attached hydrogens (tertiary/aromatic N) is 1. The van der Waals surface area contributed by atoms with Crippen LogP contribution in [0.4, 0.5) is 0 Å². The molecule has 1 spiro atoms. The fourth-order valence-electron chi connectivity index (χ4n) is 9.94. The van der Waals surface area contributed by atoms with Gasteiger partial charge in [-0.1, -0.05) is 43.3 Å². The summed E-state index contributed by atoms with van der Waals surface area (Å²) >= 11 is 0. The van der Waals surface area contributed by atoms with Crippen LogP contribution >= 0.6 is 0 Å². The van der Waals surface area contributed by atoms with Gasteiger partial charge < -0.3 is 33.2 Å². The molecular formula is C38H53NO7. The summed E-state index contributed by atoms with van der Waals surface area (Å²) in [5.74, 6) is 2.81. The van der Waals surface area contributed by atoms with Crippen LogP contribution in [0.15, 0.2) is 42.5 Å². The minimum absolute atomic E-state index is 0.00743. The molecule has 252 valence electrons. The van der Waals surface area contributed by atoms with Crippen molar-refractivity contribution in [2.75, 3.05) is 73.6 Å². The smallest absolute Gasteiger partial charge is 0.166 e. The summed E-state index contributed by atoms with van der Waals surface area (Å²) in [7, 11) is 3.54. The molecule has 3 aliphatic carbocycles. The van der Waals surface area contributed by atoms with Gasteiger partial charge in [0.25, 0.3) is 0 Å². The van der Waals surface area contributed by atoms with Crippen molar-refractivity contribution >= 4 is 0 Å². The molecule has 6 atom stereocenters. The number of likely N-dealkylation sites (tertiary alicyclic amines) is 1. The number of hydrogen-bond donors (Lipinski definition) is 0. The van der Waals surface area contributed by atoms with E-state index in [9.17, 15) is 0 Å². The standard InChI is InChI=1S/C38H53NO7/c1-36-23-30(26-44-25-28-8-6-5-7-9-28)35(41-4)37(2)38(36)14-15-39(24-27-10-11-27)32(36)22-29-12-13-31(34(46-37)33(29)38)45-21-20-43-19-18-42-17-16-40-3/h5-9,12-13,27,30,32,35H,10-11,14-26H2,1-4H3/t30-,32?,35?,36-,37-,38?/m1/s1. The molecule has 5 aliphatic rings. The Balaban J connectivity index is 1.15. The van der Waals surface area contributed by atoms with Crippen LogP contribution in [0.2, 0.25) is 0 Å². The highest BCUT2D eigenvalue weighted by Crippen LogP contribution is 2.73. The van der Waals surface area contributed by atoms with Gasteiger partial charge in [0, 0.05) is 43.7 Å². The van der Waals surface area contributed by atoms with Crippen LogP contribution < -0.4 is 9.47 Å². The lowest BCUT2D eigenvalue weighted by atomic mass is 9.39. The number of ether oxygens (including phenoxy) is 7. The van der Waals surface area contributed by atoms with Crippen LogP contribution in [-0.4, -0.2) is 96.2 Å². The van der Waals surface area contributed by atoms with Crippen LogP contribution in [0.5, 0.6) is 11.5 Å². The monoisotopic (exact) mass is 635 g/mol. The molecule has 8 heteroatoms. The third kappa shape index (κ3) is 5.47. The largest absolute Gasteiger partial charge is 0.487 e. The van der Waals surface area contributed by atoms with Crippen LogP contribution in [-0.2, 0) is 42.1 Å². The van der Waals surface area contributed by atoms with E-state index in [1.54, 1.807) is 7.11 Å². The molecule has 1 saturated heterocycles. The Labute approximate surface area is 275 Å². The Kier molecular flexibility index (Phi) is 9.40. The van der Waals surface area contributed by atoms with Gasteiger partial charge in [-0.3, -0.25) is 4.90 Å². The van der Waals surface area contributed by atoms with Crippen molar-refractivity contribution in [1.82, 2.24) is 4.90 Å². The molecule has 0 N–H and O–H groups in total. The molecule has 3 fully saturated rings. The molecule has 2 saturated carbocycles. The van der Waals surface area contributed by atoms with Crippen LogP contribution in [0, 0.1) is 17.3 Å². The Bertz CT molecular complexity index is 1340. The highest BCUT2D eigenvalue weighted by Gasteiger charge is 2.77. The lowest BCUT2D eigenvalue weighted by molar-refractivity contribution is -0.233. The Morgan fingerprint density at radius 2 is 1.65 bits per heavy atom. The Hall–Kier alpha value is -2.20. The molecule has 0 radical (unpaired) electrons. The normalized spacial score (nSPS) is 32.7. The number of hydrogen-bond acceptors (Lipinski definition) is 8. The van der Waals surface area contributed by atoms with E-state index in [-0.39, 0.29) is 22.9 Å². The second-order valence-electron chi connectivity index (χ2n) is 14.6. The van der Waals surface area contributed by atoms with E-state index >= 15 is 0 Å². The van der Waals surface area contributed by atoms with Crippen molar-refractivity contribution in [2.24, 2.45) is 17.3 Å². The van der Waals surface area contributed by atoms with Crippen LogP contribution in [0.1, 0.15) is 56.2 Å².